The van der Waals surface area contributed by atoms with Gasteiger partial charge in [-0.2, -0.15) is 0 Å². The summed E-state index contributed by atoms with van der Waals surface area (Å²) in [5, 5.41) is 42.8. The van der Waals surface area contributed by atoms with Crippen molar-refractivity contribution >= 4 is 22.7 Å². The zero-order valence-electron chi connectivity index (χ0n) is 11.2. The minimum atomic E-state index is -0.922. The number of hydrogen-bond acceptors (Lipinski definition) is 8. The van der Waals surface area contributed by atoms with Gasteiger partial charge in [0.25, 0.3) is 5.69 Å². The second-order valence-electron chi connectivity index (χ2n) is 4.85. The summed E-state index contributed by atoms with van der Waals surface area (Å²) in [7, 11) is 0. The molecule has 1 fully saturated rings. The lowest BCUT2D eigenvalue weighted by Gasteiger charge is -2.31. The van der Waals surface area contributed by atoms with E-state index in [1.54, 1.807) is 0 Å². The van der Waals surface area contributed by atoms with Crippen LogP contribution in [0.5, 0.6) is 0 Å². The first-order chi connectivity index (χ1) is 10.3. The Morgan fingerprint density at radius 2 is 1.59 bits per heavy atom. The summed E-state index contributed by atoms with van der Waals surface area (Å²) in [6, 6.07) is 1.40. The van der Waals surface area contributed by atoms with Crippen molar-refractivity contribution in [2.75, 3.05) is 18.0 Å². The highest BCUT2D eigenvalue weighted by atomic mass is 16.6. The summed E-state index contributed by atoms with van der Waals surface area (Å²) < 4.78 is 0. The molecule has 22 heavy (non-hydrogen) atoms. The molecule has 1 heterocycles. The van der Waals surface area contributed by atoms with Crippen LogP contribution < -0.4 is 4.90 Å². The van der Waals surface area contributed by atoms with Crippen molar-refractivity contribution in [3.63, 3.8) is 0 Å². The smallest absolute Gasteiger partial charge is 0.306 e. The van der Waals surface area contributed by atoms with E-state index in [1.165, 1.54) is 4.90 Å². The van der Waals surface area contributed by atoms with Gasteiger partial charge in [-0.1, -0.05) is 0 Å². The van der Waals surface area contributed by atoms with Crippen LogP contribution in [0.15, 0.2) is 12.1 Å². The molecule has 1 saturated heterocycles. The van der Waals surface area contributed by atoms with Crippen molar-refractivity contribution in [1.29, 1.82) is 0 Å². The van der Waals surface area contributed by atoms with Gasteiger partial charge in [-0.3, -0.25) is 30.3 Å². The van der Waals surface area contributed by atoms with Gasteiger partial charge in [0.15, 0.2) is 5.69 Å². The number of hydrogen-bond donors (Lipinski definition) is 1. The Bertz CT molecular complexity index is 612. The lowest BCUT2D eigenvalue weighted by Crippen LogP contribution is -2.38. The number of aliphatic hydroxyl groups excluding tert-OH is 1. The Morgan fingerprint density at radius 3 is 2.00 bits per heavy atom. The minimum absolute atomic E-state index is 0.000505. The van der Waals surface area contributed by atoms with Gasteiger partial charge in [-0.05, 0) is 12.8 Å². The van der Waals surface area contributed by atoms with Crippen molar-refractivity contribution in [1.82, 2.24) is 0 Å². The van der Waals surface area contributed by atoms with E-state index in [0.717, 1.165) is 0 Å². The molecule has 0 radical (unpaired) electrons. The van der Waals surface area contributed by atoms with Crippen LogP contribution >= 0.6 is 0 Å². The van der Waals surface area contributed by atoms with Gasteiger partial charge in [0.1, 0.15) is 0 Å². The Hall–Kier alpha value is -2.82. The molecule has 0 spiro atoms. The first kappa shape index (κ1) is 15.6. The van der Waals surface area contributed by atoms with Crippen molar-refractivity contribution in [2.24, 2.45) is 0 Å². The maximum absolute atomic E-state index is 11.2. The number of non-ortho nitro benzene ring substituents is 1. The number of β-amino-alcohol motifs (C(OH)–C–C–N with tert-alkyl or cyclic N) is 1. The Balaban J connectivity index is 2.65. The summed E-state index contributed by atoms with van der Waals surface area (Å²) in [4.78, 5) is 31.8. The van der Waals surface area contributed by atoms with E-state index in [-0.39, 0.29) is 18.8 Å². The molecule has 11 nitrogen and oxygen atoms in total. The van der Waals surface area contributed by atoms with Crippen LogP contribution in [0, 0.1) is 30.3 Å². The fraction of sp³-hybridized carbons (Fsp3) is 0.455. The summed E-state index contributed by atoms with van der Waals surface area (Å²) in [6.45, 7) is 0.288. The van der Waals surface area contributed by atoms with Gasteiger partial charge >= 0.3 is 11.4 Å². The number of benzene rings is 1. The van der Waals surface area contributed by atoms with Crippen LogP contribution in [-0.4, -0.2) is 39.1 Å². The predicted molar refractivity (Wildman–Crippen MR) is 73.9 cm³/mol. The van der Waals surface area contributed by atoms with E-state index in [2.05, 4.69) is 0 Å². The van der Waals surface area contributed by atoms with Crippen LogP contribution in [0.3, 0.4) is 0 Å². The van der Waals surface area contributed by atoms with Crippen molar-refractivity contribution in [2.45, 2.75) is 18.9 Å². The maximum atomic E-state index is 11.2. The second-order valence-corrected chi connectivity index (χ2v) is 4.85. The zero-order valence-corrected chi connectivity index (χ0v) is 11.2. The molecule has 0 aliphatic carbocycles. The first-order valence-corrected chi connectivity index (χ1v) is 6.35. The van der Waals surface area contributed by atoms with Gasteiger partial charge in [0.05, 0.1) is 33.0 Å². The SMILES string of the molecule is O=[N+]([O-])c1cc([N+](=O)[O-])c(N2CCCC(O)C2)c([N+](=O)[O-])c1. The highest BCUT2D eigenvalue weighted by Gasteiger charge is 2.35. The van der Waals surface area contributed by atoms with E-state index in [4.69, 9.17) is 0 Å². The molecular weight excluding hydrogens is 300 g/mol. The number of aliphatic hydroxyl groups is 1. The third-order valence-corrected chi connectivity index (χ3v) is 3.37. The van der Waals surface area contributed by atoms with E-state index < -0.39 is 37.9 Å². The Morgan fingerprint density at radius 1 is 1.05 bits per heavy atom. The van der Waals surface area contributed by atoms with Crippen molar-refractivity contribution in [3.05, 3.63) is 42.5 Å². The van der Waals surface area contributed by atoms with Gasteiger partial charge in [0, 0.05) is 13.1 Å². The molecule has 11 heteroatoms. The lowest BCUT2D eigenvalue weighted by atomic mass is 10.1. The van der Waals surface area contributed by atoms with Crippen LogP contribution in [0.1, 0.15) is 12.8 Å². The fourth-order valence-corrected chi connectivity index (χ4v) is 2.46. The van der Waals surface area contributed by atoms with Crippen LogP contribution in [0.2, 0.25) is 0 Å². The van der Waals surface area contributed by atoms with Gasteiger partial charge in [0.2, 0.25) is 0 Å². The quantitative estimate of drug-likeness (QED) is 0.646. The van der Waals surface area contributed by atoms with E-state index in [0.29, 0.717) is 25.0 Å². The number of nitro groups is 3. The standard InChI is InChI=1S/C11H12N4O7/c16-8-2-1-3-12(6-8)11-9(14(19)20)4-7(13(17)18)5-10(11)15(21)22/h4-5,8,16H,1-3,6H2. The second kappa shape index (κ2) is 5.89. The highest BCUT2D eigenvalue weighted by Crippen LogP contribution is 2.41. The third-order valence-electron chi connectivity index (χ3n) is 3.37. The highest BCUT2D eigenvalue weighted by molar-refractivity contribution is 5.78. The molecular formula is C11H12N4O7. The molecule has 1 unspecified atom stereocenters. The van der Waals surface area contributed by atoms with E-state index in [9.17, 15) is 35.4 Å². The first-order valence-electron chi connectivity index (χ1n) is 6.35. The molecule has 1 atom stereocenters. The minimum Gasteiger partial charge on any atom is -0.391 e. The molecule has 118 valence electrons. The van der Waals surface area contributed by atoms with Crippen LogP contribution in [0.25, 0.3) is 0 Å². The predicted octanol–water partition coefficient (Wildman–Crippen LogP) is 1.37. The fourth-order valence-electron chi connectivity index (χ4n) is 2.46. The number of nitrogens with zero attached hydrogens (tertiary/aromatic N) is 4. The average molecular weight is 312 g/mol. The maximum Gasteiger partial charge on any atom is 0.306 e. The monoisotopic (exact) mass is 312 g/mol. The number of nitro benzene ring substituents is 3. The molecule has 0 bridgehead atoms. The van der Waals surface area contributed by atoms with Crippen molar-refractivity contribution in [3.8, 4) is 0 Å². The van der Waals surface area contributed by atoms with E-state index >= 15 is 0 Å². The molecule has 0 saturated carbocycles. The summed E-state index contributed by atoms with van der Waals surface area (Å²) in [5.74, 6) is 0. The van der Waals surface area contributed by atoms with Gasteiger partial charge in [-0.15, -0.1) is 0 Å². The lowest BCUT2D eigenvalue weighted by molar-refractivity contribution is -0.402. The number of rotatable bonds is 4. The molecule has 0 aromatic heterocycles. The van der Waals surface area contributed by atoms with Crippen LogP contribution in [-0.2, 0) is 0 Å². The van der Waals surface area contributed by atoms with E-state index in [1.807, 2.05) is 0 Å². The molecule has 1 aromatic carbocycles. The molecule has 1 aliphatic heterocycles. The summed E-state index contributed by atoms with van der Waals surface area (Å²) >= 11 is 0. The largest absolute Gasteiger partial charge is 0.391 e. The van der Waals surface area contributed by atoms with Gasteiger partial charge in [-0.25, -0.2) is 0 Å². The zero-order chi connectivity index (χ0) is 16.4. The third kappa shape index (κ3) is 2.93. The van der Waals surface area contributed by atoms with Crippen LogP contribution in [0.4, 0.5) is 22.7 Å². The summed E-state index contributed by atoms with van der Waals surface area (Å²) in [5.41, 5.74) is -2.45. The number of anilines is 1. The summed E-state index contributed by atoms with van der Waals surface area (Å²) in [6.07, 6.45) is 0.237. The number of piperidine rings is 1. The average Bonchev–Trinajstić information content (AvgIpc) is 2.45. The van der Waals surface area contributed by atoms with Gasteiger partial charge < -0.3 is 10.0 Å². The molecule has 0 amide bonds. The Kier molecular flexibility index (Phi) is 4.17. The molecule has 2 rings (SSSR count). The molecule has 1 N–H and O–H groups in total. The topological polar surface area (TPSA) is 153 Å². The normalized spacial score (nSPS) is 18.0. The molecule has 1 aromatic rings. The van der Waals surface area contributed by atoms with Crippen molar-refractivity contribution < 1.29 is 19.9 Å². The molecule has 1 aliphatic rings. The Labute approximate surface area is 123 Å².